The number of nitrogens with zero attached hydrogens (tertiary/aromatic N) is 2. The van der Waals surface area contributed by atoms with Gasteiger partial charge in [0.1, 0.15) is 0 Å². The van der Waals surface area contributed by atoms with Crippen LogP contribution in [0.2, 0.25) is 0 Å². The number of piperazine rings is 1. The van der Waals surface area contributed by atoms with Gasteiger partial charge in [0.2, 0.25) is 0 Å². The summed E-state index contributed by atoms with van der Waals surface area (Å²) < 4.78 is 11.0. The normalized spacial score (nSPS) is 28.6. The fourth-order valence-electron chi connectivity index (χ4n) is 3.82. The van der Waals surface area contributed by atoms with E-state index in [0.717, 1.165) is 44.1 Å². The number of aliphatic hydroxyl groups excluding tert-OH is 1. The quantitative estimate of drug-likeness (QED) is 0.895. The average molecular weight is 320 g/mol. The van der Waals surface area contributed by atoms with E-state index >= 15 is 0 Å². The molecule has 0 aliphatic carbocycles. The molecule has 5 heteroatoms. The zero-order chi connectivity index (χ0) is 16.4. The SMILES string of the molecule is CCOc1ccc(CN2CC3C[C@@H](O)CN3C[C@@H]2C)cc1OC. The van der Waals surface area contributed by atoms with Gasteiger partial charge >= 0.3 is 0 Å². The summed E-state index contributed by atoms with van der Waals surface area (Å²) in [5.41, 5.74) is 1.24. The first-order valence-electron chi connectivity index (χ1n) is 8.56. The molecule has 23 heavy (non-hydrogen) atoms. The Morgan fingerprint density at radius 1 is 1.22 bits per heavy atom. The lowest BCUT2D eigenvalue weighted by atomic mass is 10.1. The minimum atomic E-state index is -0.155. The van der Waals surface area contributed by atoms with Gasteiger partial charge in [0.15, 0.2) is 11.5 Å². The van der Waals surface area contributed by atoms with E-state index < -0.39 is 0 Å². The molecule has 5 nitrogen and oxygen atoms in total. The predicted molar refractivity (Wildman–Crippen MR) is 90.0 cm³/mol. The maximum Gasteiger partial charge on any atom is 0.161 e. The number of fused-ring (bicyclic) bond motifs is 1. The van der Waals surface area contributed by atoms with Gasteiger partial charge in [-0.05, 0) is 38.0 Å². The molecule has 0 aromatic heterocycles. The zero-order valence-corrected chi connectivity index (χ0v) is 14.4. The second kappa shape index (κ2) is 7.07. The standard InChI is InChI=1S/C18H28N2O3/c1-4-23-17-6-5-14(7-18(17)22-3)10-19-11-15-8-16(21)12-20(15)9-13(19)2/h5-7,13,15-16,21H,4,8-12H2,1-3H3/t13-,15?,16+/m0/s1. The molecule has 3 rings (SSSR count). The van der Waals surface area contributed by atoms with Gasteiger partial charge in [-0.3, -0.25) is 9.80 Å². The van der Waals surface area contributed by atoms with Gasteiger partial charge in [0.05, 0.1) is 19.8 Å². The summed E-state index contributed by atoms with van der Waals surface area (Å²) >= 11 is 0. The van der Waals surface area contributed by atoms with Gasteiger partial charge in [-0.1, -0.05) is 6.07 Å². The van der Waals surface area contributed by atoms with Crippen LogP contribution < -0.4 is 9.47 Å². The maximum atomic E-state index is 9.88. The highest BCUT2D eigenvalue weighted by Gasteiger charge is 2.37. The molecule has 0 saturated carbocycles. The summed E-state index contributed by atoms with van der Waals surface area (Å²) in [6.07, 6.45) is 0.744. The number of hydrogen-bond donors (Lipinski definition) is 1. The summed E-state index contributed by atoms with van der Waals surface area (Å²) in [6.45, 7) is 8.68. The monoisotopic (exact) mass is 320 g/mol. The second-order valence-corrected chi connectivity index (χ2v) is 6.69. The van der Waals surface area contributed by atoms with E-state index in [2.05, 4.69) is 28.9 Å². The smallest absolute Gasteiger partial charge is 0.161 e. The molecule has 128 valence electrons. The Morgan fingerprint density at radius 3 is 2.78 bits per heavy atom. The first kappa shape index (κ1) is 16.6. The van der Waals surface area contributed by atoms with E-state index in [1.165, 1.54) is 5.56 Å². The van der Waals surface area contributed by atoms with E-state index in [4.69, 9.17) is 9.47 Å². The number of methoxy groups -OCH3 is 1. The van der Waals surface area contributed by atoms with Crippen LogP contribution in [-0.2, 0) is 6.54 Å². The average Bonchev–Trinajstić information content (AvgIpc) is 2.88. The molecule has 2 aliphatic rings. The Balaban J connectivity index is 1.69. The predicted octanol–water partition coefficient (Wildman–Crippen LogP) is 1.73. The van der Waals surface area contributed by atoms with Crippen molar-refractivity contribution in [2.45, 2.75) is 45.0 Å². The van der Waals surface area contributed by atoms with Gasteiger partial charge < -0.3 is 14.6 Å². The Labute approximate surface area is 138 Å². The van der Waals surface area contributed by atoms with Gasteiger partial charge in [-0.15, -0.1) is 0 Å². The number of hydrogen-bond acceptors (Lipinski definition) is 5. The van der Waals surface area contributed by atoms with Crippen molar-refractivity contribution in [3.8, 4) is 11.5 Å². The Kier molecular flexibility index (Phi) is 5.09. The molecule has 2 heterocycles. The molecule has 0 bridgehead atoms. The summed E-state index contributed by atoms with van der Waals surface area (Å²) in [6, 6.07) is 7.18. The first-order valence-corrected chi connectivity index (χ1v) is 8.56. The van der Waals surface area contributed by atoms with Gasteiger partial charge in [0.25, 0.3) is 0 Å². The zero-order valence-electron chi connectivity index (χ0n) is 14.4. The minimum Gasteiger partial charge on any atom is -0.493 e. The van der Waals surface area contributed by atoms with Crippen molar-refractivity contribution in [2.24, 2.45) is 0 Å². The third-order valence-electron chi connectivity index (χ3n) is 4.99. The minimum absolute atomic E-state index is 0.155. The van der Waals surface area contributed by atoms with Crippen molar-refractivity contribution in [1.29, 1.82) is 0 Å². The van der Waals surface area contributed by atoms with Gasteiger partial charge in [-0.25, -0.2) is 0 Å². The third-order valence-corrected chi connectivity index (χ3v) is 4.99. The van der Waals surface area contributed by atoms with Crippen LogP contribution >= 0.6 is 0 Å². The van der Waals surface area contributed by atoms with Crippen molar-refractivity contribution in [3.05, 3.63) is 23.8 Å². The van der Waals surface area contributed by atoms with E-state index in [1.54, 1.807) is 7.11 Å². The van der Waals surface area contributed by atoms with E-state index in [9.17, 15) is 5.11 Å². The van der Waals surface area contributed by atoms with Gasteiger partial charge in [-0.2, -0.15) is 0 Å². The summed E-state index contributed by atoms with van der Waals surface area (Å²) in [5.74, 6) is 1.60. The number of aliphatic hydroxyl groups is 1. The summed E-state index contributed by atoms with van der Waals surface area (Å²) in [7, 11) is 1.68. The van der Waals surface area contributed by atoms with Crippen molar-refractivity contribution in [2.75, 3.05) is 33.4 Å². The Morgan fingerprint density at radius 2 is 2.04 bits per heavy atom. The fraction of sp³-hybridized carbons (Fsp3) is 0.667. The van der Waals surface area contributed by atoms with E-state index in [0.29, 0.717) is 18.7 Å². The van der Waals surface area contributed by atoms with Crippen LogP contribution in [0.15, 0.2) is 18.2 Å². The van der Waals surface area contributed by atoms with Crippen LogP contribution in [-0.4, -0.2) is 66.4 Å². The highest BCUT2D eigenvalue weighted by molar-refractivity contribution is 5.43. The molecule has 0 radical (unpaired) electrons. The molecule has 0 amide bonds. The van der Waals surface area contributed by atoms with Crippen molar-refractivity contribution in [1.82, 2.24) is 9.80 Å². The summed E-state index contributed by atoms with van der Waals surface area (Å²) in [4.78, 5) is 4.94. The Bertz CT molecular complexity index is 537. The number of benzene rings is 1. The highest BCUT2D eigenvalue weighted by atomic mass is 16.5. The van der Waals surface area contributed by atoms with Crippen LogP contribution in [0.5, 0.6) is 11.5 Å². The fourth-order valence-corrected chi connectivity index (χ4v) is 3.82. The van der Waals surface area contributed by atoms with Crippen molar-refractivity contribution in [3.63, 3.8) is 0 Å². The van der Waals surface area contributed by atoms with Crippen LogP contribution in [0.3, 0.4) is 0 Å². The lowest BCUT2D eigenvalue weighted by Crippen LogP contribution is -2.54. The van der Waals surface area contributed by atoms with E-state index in [1.807, 2.05) is 13.0 Å². The second-order valence-electron chi connectivity index (χ2n) is 6.69. The molecule has 1 aromatic carbocycles. The molecule has 3 atom stereocenters. The van der Waals surface area contributed by atoms with Crippen LogP contribution in [0, 0.1) is 0 Å². The molecule has 2 fully saturated rings. The summed E-state index contributed by atoms with van der Waals surface area (Å²) in [5, 5.41) is 9.88. The lowest BCUT2D eigenvalue weighted by Gasteiger charge is -2.42. The lowest BCUT2D eigenvalue weighted by molar-refractivity contribution is 0.0528. The number of rotatable bonds is 5. The topological polar surface area (TPSA) is 45.2 Å². The highest BCUT2D eigenvalue weighted by Crippen LogP contribution is 2.30. The largest absolute Gasteiger partial charge is 0.493 e. The number of ether oxygens (including phenoxy) is 2. The van der Waals surface area contributed by atoms with Crippen LogP contribution in [0.1, 0.15) is 25.8 Å². The van der Waals surface area contributed by atoms with Crippen LogP contribution in [0.4, 0.5) is 0 Å². The van der Waals surface area contributed by atoms with E-state index in [-0.39, 0.29) is 6.10 Å². The van der Waals surface area contributed by atoms with Crippen molar-refractivity contribution < 1.29 is 14.6 Å². The maximum absolute atomic E-state index is 9.88. The molecular formula is C18H28N2O3. The van der Waals surface area contributed by atoms with Gasteiger partial charge in [0, 0.05) is 38.3 Å². The van der Waals surface area contributed by atoms with Crippen molar-refractivity contribution >= 4 is 0 Å². The molecule has 1 N–H and O–H groups in total. The molecule has 2 saturated heterocycles. The Hall–Kier alpha value is -1.30. The molecular weight excluding hydrogens is 292 g/mol. The molecule has 2 aliphatic heterocycles. The van der Waals surface area contributed by atoms with Crippen LogP contribution in [0.25, 0.3) is 0 Å². The third kappa shape index (κ3) is 3.62. The molecule has 1 aromatic rings. The first-order chi connectivity index (χ1) is 11.1. The molecule has 0 spiro atoms. The molecule has 1 unspecified atom stereocenters.